The van der Waals surface area contributed by atoms with Crippen molar-refractivity contribution < 1.29 is 5.11 Å². The molecular formula is C15H23NO. The quantitative estimate of drug-likeness (QED) is 0.824. The van der Waals surface area contributed by atoms with E-state index in [2.05, 4.69) is 32.0 Å². The van der Waals surface area contributed by atoms with Crippen LogP contribution in [0, 0.1) is 13.8 Å². The Kier molecular flexibility index (Phi) is 3.55. The first-order chi connectivity index (χ1) is 8.09. The molecule has 0 heterocycles. The number of aliphatic hydroxyl groups excluding tert-OH is 1. The summed E-state index contributed by atoms with van der Waals surface area (Å²) in [5.41, 5.74) is 10.3. The third kappa shape index (κ3) is 2.24. The number of benzene rings is 1. The van der Waals surface area contributed by atoms with Crippen LogP contribution in [0.15, 0.2) is 18.2 Å². The van der Waals surface area contributed by atoms with Gasteiger partial charge in [0.25, 0.3) is 0 Å². The first-order valence-electron chi connectivity index (χ1n) is 6.54. The second-order valence-electron chi connectivity index (χ2n) is 5.48. The van der Waals surface area contributed by atoms with E-state index in [9.17, 15) is 5.11 Å². The van der Waals surface area contributed by atoms with E-state index in [1.165, 1.54) is 16.7 Å². The van der Waals surface area contributed by atoms with Gasteiger partial charge < -0.3 is 10.8 Å². The predicted octanol–water partition coefficient (Wildman–Crippen LogP) is 2.43. The average Bonchev–Trinajstić information content (AvgIpc) is 2.32. The molecule has 0 spiro atoms. The zero-order valence-electron chi connectivity index (χ0n) is 10.9. The highest BCUT2D eigenvalue weighted by Gasteiger charge is 2.37. The Morgan fingerprint density at radius 1 is 1.24 bits per heavy atom. The van der Waals surface area contributed by atoms with E-state index in [0.29, 0.717) is 6.54 Å². The van der Waals surface area contributed by atoms with Crippen molar-refractivity contribution in [1.29, 1.82) is 0 Å². The number of hydrogen-bond acceptors (Lipinski definition) is 2. The van der Waals surface area contributed by atoms with Crippen LogP contribution in [0.1, 0.15) is 42.4 Å². The summed E-state index contributed by atoms with van der Waals surface area (Å²) < 4.78 is 0. The van der Waals surface area contributed by atoms with Crippen LogP contribution < -0.4 is 5.73 Å². The molecule has 2 rings (SSSR count). The minimum atomic E-state index is -0.126. The van der Waals surface area contributed by atoms with Gasteiger partial charge in [0.2, 0.25) is 0 Å². The second-order valence-corrected chi connectivity index (χ2v) is 5.48. The molecular weight excluding hydrogens is 210 g/mol. The summed E-state index contributed by atoms with van der Waals surface area (Å²) in [6.07, 6.45) is 3.65. The number of aryl methyl sites for hydroxylation is 2. The van der Waals surface area contributed by atoms with E-state index in [-0.39, 0.29) is 11.5 Å². The molecule has 0 aliphatic heterocycles. The lowest BCUT2D eigenvalue weighted by Gasteiger charge is -2.40. The maximum absolute atomic E-state index is 9.68. The largest absolute Gasteiger partial charge is 0.393 e. The van der Waals surface area contributed by atoms with E-state index in [0.717, 1.165) is 25.7 Å². The van der Waals surface area contributed by atoms with Gasteiger partial charge in [0.15, 0.2) is 0 Å². The maximum Gasteiger partial charge on any atom is 0.0541 e. The first-order valence-corrected chi connectivity index (χ1v) is 6.54. The minimum Gasteiger partial charge on any atom is -0.393 e. The molecule has 0 unspecified atom stereocenters. The summed E-state index contributed by atoms with van der Waals surface area (Å²) in [6.45, 7) is 5.03. The average molecular weight is 233 g/mol. The van der Waals surface area contributed by atoms with Gasteiger partial charge in [-0.3, -0.25) is 0 Å². The zero-order chi connectivity index (χ0) is 12.5. The van der Waals surface area contributed by atoms with Crippen LogP contribution in [0.3, 0.4) is 0 Å². The van der Waals surface area contributed by atoms with Crippen LogP contribution in [0.2, 0.25) is 0 Å². The van der Waals surface area contributed by atoms with E-state index in [1.54, 1.807) is 0 Å². The summed E-state index contributed by atoms with van der Waals surface area (Å²) in [5.74, 6) is 0. The molecule has 1 saturated carbocycles. The van der Waals surface area contributed by atoms with Gasteiger partial charge in [-0.1, -0.05) is 18.2 Å². The fourth-order valence-electron chi connectivity index (χ4n) is 3.36. The van der Waals surface area contributed by atoms with Crippen molar-refractivity contribution >= 4 is 0 Å². The predicted molar refractivity (Wildman–Crippen MR) is 71.1 cm³/mol. The highest BCUT2D eigenvalue weighted by atomic mass is 16.3. The van der Waals surface area contributed by atoms with Crippen molar-refractivity contribution in [1.82, 2.24) is 0 Å². The van der Waals surface area contributed by atoms with Crippen molar-refractivity contribution in [2.45, 2.75) is 51.0 Å². The van der Waals surface area contributed by atoms with Gasteiger partial charge >= 0.3 is 0 Å². The van der Waals surface area contributed by atoms with Crippen molar-refractivity contribution in [3.8, 4) is 0 Å². The van der Waals surface area contributed by atoms with Crippen LogP contribution in [-0.4, -0.2) is 17.8 Å². The van der Waals surface area contributed by atoms with Crippen molar-refractivity contribution in [2.75, 3.05) is 6.54 Å². The zero-order valence-corrected chi connectivity index (χ0v) is 10.9. The summed E-state index contributed by atoms with van der Waals surface area (Å²) in [6, 6.07) is 6.45. The highest BCUT2D eigenvalue weighted by Crippen LogP contribution is 2.41. The van der Waals surface area contributed by atoms with Crippen LogP contribution in [-0.2, 0) is 5.41 Å². The smallest absolute Gasteiger partial charge is 0.0541 e. The standard InChI is InChI=1S/C15H23NO/c1-11-4-3-5-12(2)14(11)15(10-16)8-6-13(17)7-9-15/h3-5,13,17H,6-10,16H2,1-2H3. The molecule has 0 aromatic heterocycles. The molecule has 17 heavy (non-hydrogen) atoms. The SMILES string of the molecule is Cc1cccc(C)c1C1(CN)CCC(O)CC1. The van der Waals surface area contributed by atoms with Gasteiger partial charge in [0, 0.05) is 12.0 Å². The Hall–Kier alpha value is -0.860. The van der Waals surface area contributed by atoms with Gasteiger partial charge in [-0.05, 0) is 56.2 Å². The van der Waals surface area contributed by atoms with Gasteiger partial charge in [0.1, 0.15) is 0 Å². The Morgan fingerprint density at radius 2 is 1.76 bits per heavy atom. The summed E-state index contributed by atoms with van der Waals surface area (Å²) >= 11 is 0. The van der Waals surface area contributed by atoms with Gasteiger partial charge in [-0.25, -0.2) is 0 Å². The molecule has 94 valence electrons. The Balaban J connectivity index is 2.41. The molecule has 0 saturated heterocycles. The molecule has 1 aliphatic carbocycles. The molecule has 1 aromatic rings. The number of nitrogens with two attached hydrogens (primary N) is 1. The van der Waals surface area contributed by atoms with E-state index < -0.39 is 0 Å². The van der Waals surface area contributed by atoms with Crippen LogP contribution in [0.5, 0.6) is 0 Å². The lowest BCUT2D eigenvalue weighted by atomic mass is 9.66. The molecule has 3 N–H and O–H groups in total. The summed E-state index contributed by atoms with van der Waals surface area (Å²) in [5, 5.41) is 9.68. The molecule has 1 aliphatic rings. The number of rotatable bonds is 2. The van der Waals surface area contributed by atoms with Crippen LogP contribution in [0.4, 0.5) is 0 Å². The number of aliphatic hydroxyl groups is 1. The molecule has 0 bridgehead atoms. The van der Waals surface area contributed by atoms with E-state index in [4.69, 9.17) is 5.73 Å². The lowest BCUT2D eigenvalue weighted by Crippen LogP contribution is -2.41. The van der Waals surface area contributed by atoms with Gasteiger partial charge in [0.05, 0.1) is 6.10 Å². The van der Waals surface area contributed by atoms with E-state index >= 15 is 0 Å². The highest BCUT2D eigenvalue weighted by molar-refractivity contribution is 5.40. The van der Waals surface area contributed by atoms with Gasteiger partial charge in [-0.15, -0.1) is 0 Å². The van der Waals surface area contributed by atoms with Crippen molar-refractivity contribution in [3.05, 3.63) is 34.9 Å². The molecule has 2 heteroatoms. The van der Waals surface area contributed by atoms with Crippen LogP contribution >= 0.6 is 0 Å². The van der Waals surface area contributed by atoms with Gasteiger partial charge in [-0.2, -0.15) is 0 Å². The first kappa shape index (κ1) is 12.6. The maximum atomic E-state index is 9.68. The third-order valence-electron chi connectivity index (χ3n) is 4.31. The second kappa shape index (κ2) is 4.79. The molecule has 0 atom stereocenters. The molecule has 2 nitrogen and oxygen atoms in total. The van der Waals surface area contributed by atoms with Crippen molar-refractivity contribution in [2.24, 2.45) is 5.73 Å². The van der Waals surface area contributed by atoms with E-state index in [1.807, 2.05) is 0 Å². The van der Waals surface area contributed by atoms with Crippen molar-refractivity contribution in [3.63, 3.8) is 0 Å². The Labute approximate surface area is 104 Å². The Bertz CT molecular complexity index is 372. The lowest BCUT2D eigenvalue weighted by molar-refractivity contribution is 0.0970. The molecule has 0 amide bonds. The minimum absolute atomic E-state index is 0.0919. The molecule has 1 fully saturated rings. The summed E-state index contributed by atoms with van der Waals surface area (Å²) in [7, 11) is 0. The van der Waals surface area contributed by atoms with Crippen LogP contribution in [0.25, 0.3) is 0 Å². The normalized spacial score (nSPS) is 29.3. The fourth-order valence-corrected chi connectivity index (χ4v) is 3.36. The molecule has 0 radical (unpaired) electrons. The number of hydrogen-bond donors (Lipinski definition) is 2. The topological polar surface area (TPSA) is 46.2 Å². The fraction of sp³-hybridized carbons (Fsp3) is 0.600. The monoisotopic (exact) mass is 233 g/mol. The Morgan fingerprint density at radius 3 is 2.24 bits per heavy atom. The molecule has 1 aromatic carbocycles. The summed E-state index contributed by atoms with van der Waals surface area (Å²) in [4.78, 5) is 0. The third-order valence-corrected chi connectivity index (χ3v) is 4.31.